The van der Waals surface area contributed by atoms with Gasteiger partial charge in [-0.25, -0.2) is 9.78 Å². The van der Waals surface area contributed by atoms with E-state index in [1.807, 2.05) is 11.1 Å². The minimum absolute atomic E-state index is 0.0957. The summed E-state index contributed by atoms with van der Waals surface area (Å²) in [6, 6.07) is 9.12. The van der Waals surface area contributed by atoms with Crippen molar-refractivity contribution < 1.29 is 27.9 Å². The Hall–Kier alpha value is -2.88. The maximum atomic E-state index is 12.6. The number of halogens is 3. The zero-order valence-electron chi connectivity index (χ0n) is 18.8. The Kier molecular flexibility index (Phi) is 7.78. The van der Waals surface area contributed by atoms with Crippen molar-refractivity contribution in [1.29, 1.82) is 0 Å². The maximum absolute atomic E-state index is 12.6. The SMILES string of the molecule is CCc1ccc(CN2CCn3cc(C(=O)N4CCCC4)nc3C2C)cc1.O=C(O)C(F)(F)F. The molecule has 0 aliphatic carbocycles. The zero-order chi connectivity index (χ0) is 24.2. The molecule has 1 amide bonds. The van der Waals surface area contributed by atoms with E-state index in [1.54, 1.807) is 0 Å². The lowest BCUT2D eigenvalue weighted by molar-refractivity contribution is -0.192. The Labute approximate surface area is 190 Å². The largest absolute Gasteiger partial charge is 0.490 e. The van der Waals surface area contributed by atoms with E-state index in [1.165, 1.54) is 11.1 Å². The summed E-state index contributed by atoms with van der Waals surface area (Å²) in [4.78, 5) is 30.7. The van der Waals surface area contributed by atoms with E-state index in [-0.39, 0.29) is 11.9 Å². The maximum Gasteiger partial charge on any atom is 0.490 e. The molecule has 0 saturated carbocycles. The van der Waals surface area contributed by atoms with Gasteiger partial charge in [0, 0.05) is 38.9 Å². The van der Waals surface area contributed by atoms with E-state index in [0.29, 0.717) is 5.69 Å². The predicted molar refractivity (Wildman–Crippen MR) is 116 cm³/mol. The standard InChI is InChI=1S/C21H28N4O.C2HF3O2/c1-3-17-6-8-18(9-7-17)14-24-12-13-25-15-19(22-20(25)16(24)2)21(26)23-10-4-5-11-23;3-2(4,5)1(6)7/h6-9,15-16H,3-5,10-14H2,1-2H3;(H,6,7). The number of alkyl halides is 3. The molecule has 0 bridgehead atoms. The van der Waals surface area contributed by atoms with E-state index in [9.17, 15) is 18.0 Å². The van der Waals surface area contributed by atoms with Gasteiger partial charge in [-0.1, -0.05) is 31.2 Å². The fourth-order valence-corrected chi connectivity index (χ4v) is 4.05. The molecule has 2 aromatic rings. The predicted octanol–water partition coefficient (Wildman–Crippen LogP) is 3.89. The zero-order valence-corrected chi connectivity index (χ0v) is 18.8. The van der Waals surface area contributed by atoms with Crippen LogP contribution in [-0.2, 0) is 24.3 Å². The van der Waals surface area contributed by atoms with Gasteiger partial charge in [-0.05, 0) is 37.3 Å². The second kappa shape index (κ2) is 10.4. The minimum atomic E-state index is -5.08. The van der Waals surface area contributed by atoms with Crippen LogP contribution in [0.1, 0.15) is 60.2 Å². The van der Waals surface area contributed by atoms with Crippen molar-refractivity contribution in [3.63, 3.8) is 0 Å². The lowest BCUT2D eigenvalue weighted by atomic mass is 10.1. The summed E-state index contributed by atoms with van der Waals surface area (Å²) in [7, 11) is 0. The number of aliphatic carboxylic acids is 1. The molecule has 1 unspecified atom stereocenters. The number of likely N-dealkylation sites (tertiary alicyclic amines) is 1. The van der Waals surface area contributed by atoms with Crippen LogP contribution in [0.3, 0.4) is 0 Å². The van der Waals surface area contributed by atoms with E-state index in [4.69, 9.17) is 14.9 Å². The van der Waals surface area contributed by atoms with Gasteiger partial charge in [0.25, 0.3) is 5.91 Å². The van der Waals surface area contributed by atoms with Gasteiger partial charge in [-0.3, -0.25) is 9.69 Å². The number of hydrogen-bond acceptors (Lipinski definition) is 4. The van der Waals surface area contributed by atoms with E-state index >= 15 is 0 Å². The summed E-state index contributed by atoms with van der Waals surface area (Å²) in [6.07, 6.45) is 0.173. The summed E-state index contributed by atoms with van der Waals surface area (Å²) < 4.78 is 33.9. The molecule has 33 heavy (non-hydrogen) atoms. The lowest BCUT2D eigenvalue weighted by Gasteiger charge is -2.33. The molecule has 1 saturated heterocycles. The number of fused-ring (bicyclic) bond motifs is 1. The highest BCUT2D eigenvalue weighted by Crippen LogP contribution is 2.27. The molecular weight excluding hydrogens is 437 g/mol. The van der Waals surface area contributed by atoms with Gasteiger partial charge in [0.15, 0.2) is 0 Å². The molecule has 7 nitrogen and oxygen atoms in total. The molecular formula is C23H29F3N4O3. The summed E-state index contributed by atoms with van der Waals surface area (Å²) in [5.74, 6) is -1.64. The topological polar surface area (TPSA) is 78.7 Å². The summed E-state index contributed by atoms with van der Waals surface area (Å²) >= 11 is 0. The van der Waals surface area contributed by atoms with Crippen LogP contribution >= 0.6 is 0 Å². The highest BCUT2D eigenvalue weighted by Gasteiger charge is 2.38. The van der Waals surface area contributed by atoms with Crippen molar-refractivity contribution in [1.82, 2.24) is 19.4 Å². The Balaban J connectivity index is 0.000000383. The van der Waals surface area contributed by atoms with Crippen LogP contribution < -0.4 is 0 Å². The molecule has 2 aliphatic heterocycles. The van der Waals surface area contributed by atoms with Gasteiger partial charge in [-0.2, -0.15) is 13.2 Å². The summed E-state index contributed by atoms with van der Waals surface area (Å²) in [5.41, 5.74) is 3.33. The molecule has 1 fully saturated rings. The highest BCUT2D eigenvalue weighted by atomic mass is 19.4. The monoisotopic (exact) mass is 466 g/mol. The molecule has 1 N–H and O–H groups in total. The van der Waals surface area contributed by atoms with Crippen LogP contribution in [-0.4, -0.2) is 62.1 Å². The first kappa shape index (κ1) is 24.8. The van der Waals surface area contributed by atoms with Crippen LogP contribution in [0.4, 0.5) is 13.2 Å². The molecule has 10 heteroatoms. The van der Waals surface area contributed by atoms with Crippen molar-refractivity contribution in [2.24, 2.45) is 0 Å². The van der Waals surface area contributed by atoms with Gasteiger partial charge < -0.3 is 14.6 Å². The minimum Gasteiger partial charge on any atom is -0.475 e. The number of carboxylic acid groups (broad SMARTS) is 1. The fraction of sp³-hybridized carbons (Fsp3) is 0.522. The number of carboxylic acids is 1. The van der Waals surface area contributed by atoms with Gasteiger partial charge >= 0.3 is 12.1 Å². The summed E-state index contributed by atoms with van der Waals surface area (Å²) in [6.45, 7) is 8.93. The van der Waals surface area contributed by atoms with Crippen molar-refractivity contribution in [2.75, 3.05) is 19.6 Å². The van der Waals surface area contributed by atoms with Gasteiger partial charge in [-0.15, -0.1) is 0 Å². The number of rotatable bonds is 4. The average molecular weight is 467 g/mol. The first-order chi connectivity index (χ1) is 15.6. The summed E-state index contributed by atoms with van der Waals surface area (Å²) in [5, 5.41) is 7.12. The van der Waals surface area contributed by atoms with Crippen LogP contribution in [0.15, 0.2) is 30.5 Å². The number of imidazole rings is 1. The third-order valence-electron chi connectivity index (χ3n) is 6.03. The molecule has 3 heterocycles. The van der Waals surface area contributed by atoms with E-state index in [2.05, 4.69) is 47.6 Å². The van der Waals surface area contributed by atoms with E-state index < -0.39 is 12.1 Å². The number of nitrogens with zero attached hydrogens (tertiary/aromatic N) is 4. The number of benzene rings is 1. The Morgan fingerprint density at radius 2 is 1.64 bits per heavy atom. The molecule has 2 aliphatic rings. The second-order valence-electron chi connectivity index (χ2n) is 8.30. The second-order valence-corrected chi connectivity index (χ2v) is 8.30. The van der Waals surface area contributed by atoms with Gasteiger partial charge in [0.05, 0.1) is 6.04 Å². The Bertz CT molecular complexity index is 966. The number of aryl methyl sites for hydroxylation is 1. The highest BCUT2D eigenvalue weighted by molar-refractivity contribution is 5.92. The van der Waals surface area contributed by atoms with Crippen LogP contribution in [0.25, 0.3) is 0 Å². The molecule has 0 spiro atoms. The number of aromatic nitrogens is 2. The Morgan fingerprint density at radius 3 is 2.18 bits per heavy atom. The average Bonchev–Trinajstić information content (AvgIpc) is 3.46. The number of carbonyl (C=O) groups is 2. The van der Waals surface area contributed by atoms with Crippen molar-refractivity contribution in [3.8, 4) is 0 Å². The quantitative estimate of drug-likeness (QED) is 0.740. The third kappa shape index (κ3) is 6.13. The first-order valence-electron chi connectivity index (χ1n) is 11.1. The molecule has 1 aromatic heterocycles. The van der Waals surface area contributed by atoms with Crippen LogP contribution in [0, 0.1) is 0 Å². The fourth-order valence-electron chi connectivity index (χ4n) is 4.05. The first-order valence-corrected chi connectivity index (χ1v) is 11.1. The molecule has 1 aromatic carbocycles. The van der Waals surface area contributed by atoms with Crippen molar-refractivity contribution >= 4 is 11.9 Å². The normalized spacial score (nSPS) is 18.5. The van der Waals surface area contributed by atoms with Crippen LogP contribution in [0.2, 0.25) is 0 Å². The molecule has 0 radical (unpaired) electrons. The molecule has 1 atom stereocenters. The lowest BCUT2D eigenvalue weighted by Crippen LogP contribution is -2.36. The molecule has 180 valence electrons. The number of carbonyl (C=O) groups excluding carboxylic acids is 1. The molecule has 4 rings (SSSR count). The van der Waals surface area contributed by atoms with Crippen molar-refractivity contribution in [2.45, 2.75) is 58.4 Å². The van der Waals surface area contributed by atoms with Crippen molar-refractivity contribution in [3.05, 3.63) is 53.1 Å². The van der Waals surface area contributed by atoms with Crippen LogP contribution in [0.5, 0.6) is 0 Å². The third-order valence-corrected chi connectivity index (χ3v) is 6.03. The number of hydrogen-bond donors (Lipinski definition) is 1. The number of amides is 1. The van der Waals surface area contributed by atoms with E-state index in [0.717, 1.165) is 57.8 Å². The smallest absolute Gasteiger partial charge is 0.475 e. The van der Waals surface area contributed by atoms with Gasteiger partial charge in [0.2, 0.25) is 0 Å². The van der Waals surface area contributed by atoms with Gasteiger partial charge in [0.1, 0.15) is 11.5 Å². The Morgan fingerprint density at radius 1 is 1.06 bits per heavy atom.